The topological polar surface area (TPSA) is 55.4 Å². The number of nitrogens with one attached hydrogen (secondary N) is 1. The van der Waals surface area contributed by atoms with Crippen molar-refractivity contribution in [2.45, 2.75) is 58.6 Å². The van der Waals surface area contributed by atoms with Gasteiger partial charge >= 0.3 is 6.09 Å². The molecular formula is C12H21NO3. The van der Waals surface area contributed by atoms with Crippen LogP contribution < -0.4 is 5.32 Å². The van der Waals surface area contributed by atoms with Crippen LogP contribution in [0.15, 0.2) is 0 Å². The van der Waals surface area contributed by atoms with Crippen molar-refractivity contribution in [2.75, 3.05) is 0 Å². The molecule has 2 atom stereocenters. The first kappa shape index (κ1) is 13.0. The number of amides is 1. The summed E-state index contributed by atoms with van der Waals surface area (Å²) >= 11 is 0. The molecule has 0 spiro atoms. The van der Waals surface area contributed by atoms with Crippen LogP contribution in [-0.4, -0.2) is 23.5 Å². The number of hydrogen-bond donors (Lipinski definition) is 1. The Morgan fingerprint density at radius 3 is 2.38 bits per heavy atom. The van der Waals surface area contributed by atoms with E-state index < -0.39 is 11.7 Å². The number of hydrogen-bond acceptors (Lipinski definition) is 3. The molecule has 0 saturated heterocycles. The van der Waals surface area contributed by atoms with E-state index in [-0.39, 0.29) is 17.7 Å². The molecule has 1 amide bonds. The molecule has 1 N–H and O–H groups in total. The monoisotopic (exact) mass is 227 g/mol. The largest absolute Gasteiger partial charge is 0.444 e. The maximum atomic E-state index is 11.5. The number of Topliss-reactive ketones (excluding diaryl/α,β-unsaturated/α-hetero) is 1. The summed E-state index contributed by atoms with van der Waals surface area (Å²) in [4.78, 5) is 22.9. The quantitative estimate of drug-likeness (QED) is 0.787. The molecule has 4 nitrogen and oxygen atoms in total. The molecule has 0 radical (unpaired) electrons. The molecule has 0 heterocycles. The van der Waals surface area contributed by atoms with Crippen molar-refractivity contribution in [1.82, 2.24) is 5.32 Å². The Morgan fingerprint density at radius 2 is 1.88 bits per heavy atom. The molecule has 0 aromatic carbocycles. The number of ketones is 1. The lowest BCUT2D eigenvalue weighted by molar-refractivity contribution is -0.121. The molecule has 0 aliphatic heterocycles. The van der Waals surface area contributed by atoms with Gasteiger partial charge in [0.1, 0.15) is 11.4 Å². The van der Waals surface area contributed by atoms with E-state index in [1.165, 1.54) is 0 Å². The number of rotatable bonds is 2. The first-order chi connectivity index (χ1) is 7.29. The lowest BCUT2D eigenvalue weighted by Gasteiger charge is -2.23. The standard InChI is InChI=1S/C12H21NO3/c1-8(14)9-6-5-7-10(9)13-11(15)16-12(2,3)4/h9-10H,5-7H2,1-4H3,(H,13,15)/t9-,10?/m1/s1. The van der Waals surface area contributed by atoms with Gasteiger partial charge in [-0.25, -0.2) is 4.79 Å². The zero-order valence-corrected chi connectivity index (χ0v) is 10.5. The molecule has 0 bridgehead atoms. The molecule has 0 aromatic rings. The summed E-state index contributed by atoms with van der Waals surface area (Å²) in [5, 5.41) is 2.78. The van der Waals surface area contributed by atoms with E-state index in [0.29, 0.717) is 0 Å². The summed E-state index contributed by atoms with van der Waals surface area (Å²) in [6, 6.07) is -0.0488. The van der Waals surface area contributed by atoms with E-state index in [4.69, 9.17) is 4.74 Å². The normalized spacial score (nSPS) is 25.2. The minimum Gasteiger partial charge on any atom is -0.444 e. The highest BCUT2D eigenvalue weighted by Crippen LogP contribution is 2.26. The van der Waals surface area contributed by atoms with E-state index in [9.17, 15) is 9.59 Å². The Labute approximate surface area is 96.7 Å². The third-order valence-electron chi connectivity index (χ3n) is 2.74. The second-order valence-corrected chi connectivity index (χ2v) is 5.40. The molecule has 1 aliphatic rings. The van der Waals surface area contributed by atoms with Crippen molar-refractivity contribution in [2.24, 2.45) is 5.92 Å². The van der Waals surface area contributed by atoms with E-state index in [1.54, 1.807) is 6.92 Å². The van der Waals surface area contributed by atoms with E-state index in [2.05, 4.69) is 5.32 Å². The highest BCUT2D eigenvalue weighted by atomic mass is 16.6. The first-order valence-electron chi connectivity index (χ1n) is 5.79. The third-order valence-corrected chi connectivity index (χ3v) is 2.74. The van der Waals surface area contributed by atoms with E-state index >= 15 is 0 Å². The van der Waals surface area contributed by atoms with Crippen LogP contribution >= 0.6 is 0 Å². The Kier molecular flexibility index (Phi) is 3.94. The number of ether oxygens (including phenoxy) is 1. The van der Waals surface area contributed by atoms with Gasteiger partial charge < -0.3 is 10.1 Å². The smallest absolute Gasteiger partial charge is 0.407 e. The van der Waals surface area contributed by atoms with E-state index in [1.807, 2.05) is 20.8 Å². The minimum atomic E-state index is -0.492. The molecule has 0 aromatic heterocycles. The van der Waals surface area contributed by atoms with Crippen LogP contribution in [0.1, 0.15) is 47.0 Å². The summed E-state index contributed by atoms with van der Waals surface area (Å²) in [6.07, 6.45) is 2.30. The Hall–Kier alpha value is -1.06. The summed E-state index contributed by atoms with van der Waals surface area (Å²) < 4.78 is 5.17. The molecule has 16 heavy (non-hydrogen) atoms. The number of alkyl carbamates (subject to hydrolysis) is 1. The van der Waals surface area contributed by atoms with Gasteiger partial charge in [0.2, 0.25) is 0 Å². The lowest BCUT2D eigenvalue weighted by atomic mass is 10.00. The molecule has 1 saturated carbocycles. The average Bonchev–Trinajstić information content (AvgIpc) is 2.47. The maximum absolute atomic E-state index is 11.5. The third kappa shape index (κ3) is 3.83. The number of carbonyl (C=O) groups excluding carboxylic acids is 2. The van der Waals surface area contributed by atoms with Gasteiger partial charge in [0.05, 0.1) is 0 Å². The zero-order valence-electron chi connectivity index (χ0n) is 10.5. The van der Waals surface area contributed by atoms with Crippen molar-refractivity contribution >= 4 is 11.9 Å². The predicted molar refractivity (Wildman–Crippen MR) is 61.2 cm³/mol. The summed E-state index contributed by atoms with van der Waals surface area (Å²) in [7, 11) is 0. The molecular weight excluding hydrogens is 206 g/mol. The van der Waals surface area contributed by atoms with Gasteiger partial charge in [-0.2, -0.15) is 0 Å². The van der Waals surface area contributed by atoms with Crippen LogP contribution in [0.4, 0.5) is 4.79 Å². The fourth-order valence-corrected chi connectivity index (χ4v) is 2.08. The van der Waals surface area contributed by atoms with Gasteiger partial charge in [0.15, 0.2) is 0 Å². The molecule has 1 unspecified atom stereocenters. The Bertz CT molecular complexity index is 280. The van der Waals surface area contributed by atoms with Crippen LogP contribution in [0.25, 0.3) is 0 Å². The highest BCUT2D eigenvalue weighted by Gasteiger charge is 2.32. The van der Waals surface area contributed by atoms with Crippen LogP contribution in [0, 0.1) is 5.92 Å². The molecule has 4 heteroatoms. The van der Waals surface area contributed by atoms with Crippen molar-refractivity contribution in [1.29, 1.82) is 0 Å². The van der Waals surface area contributed by atoms with Crippen molar-refractivity contribution < 1.29 is 14.3 Å². The summed E-state index contributed by atoms with van der Waals surface area (Å²) in [6.45, 7) is 7.05. The van der Waals surface area contributed by atoms with Gasteiger partial charge in [-0.3, -0.25) is 4.79 Å². The average molecular weight is 227 g/mol. The summed E-state index contributed by atoms with van der Waals surface area (Å²) in [5.41, 5.74) is -0.492. The second-order valence-electron chi connectivity index (χ2n) is 5.40. The fourth-order valence-electron chi connectivity index (χ4n) is 2.08. The van der Waals surface area contributed by atoms with Crippen LogP contribution in [0.3, 0.4) is 0 Å². The second kappa shape index (κ2) is 4.85. The van der Waals surface area contributed by atoms with Crippen LogP contribution in [0.2, 0.25) is 0 Å². The van der Waals surface area contributed by atoms with Gasteiger partial charge in [0.25, 0.3) is 0 Å². The Morgan fingerprint density at radius 1 is 1.25 bits per heavy atom. The maximum Gasteiger partial charge on any atom is 0.407 e. The minimum absolute atomic E-state index is 0.0347. The first-order valence-corrected chi connectivity index (χ1v) is 5.79. The highest BCUT2D eigenvalue weighted by molar-refractivity contribution is 5.80. The van der Waals surface area contributed by atoms with Crippen LogP contribution in [0.5, 0.6) is 0 Å². The lowest BCUT2D eigenvalue weighted by Crippen LogP contribution is -2.42. The SMILES string of the molecule is CC(=O)[C@H]1CCCC1NC(=O)OC(C)(C)C. The van der Waals surface area contributed by atoms with Crippen molar-refractivity contribution in [3.63, 3.8) is 0 Å². The predicted octanol–water partition coefficient (Wildman–Crippen LogP) is 2.27. The van der Waals surface area contributed by atoms with Crippen molar-refractivity contribution in [3.8, 4) is 0 Å². The van der Waals surface area contributed by atoms with Gasteiger partial charge in [0, 0.05) is 12.0 Å². The van der Waals surface area contributed by atoms with Gasteiger partial charge in [-0.05, 0) is 40.5 Å². The van der Waals surface area contributed by atoms with Crippen molar-refractivity contribution in [3.05, 3.63) is 0 Å². The summed E-state index contributed by atoms with van der Waals surface area (Å²) in [5.74, 6) is 0.117. The fraction of sp³-hybridized carbons (Fsp3) is 0.833. The Balaban J connectivity index is 2.47. The van der Waals surface area contributed by atoms with Crippen LogP contribution in [-0.2, 0) is 9.53 Å². The van der Waals surface area contributed by atoms with Gasteiger partial charge in [-0.1, -0.05) is 6.42 Å². The zero-order chi connectivity index (χ0) is 12.3. The molecule has 1 rings (SSSR count). The number of carbonyl (C=O) groups is 2. The molecule has 92 valence electrons. The van der Waals surface area contributed by atoms with E-state index in [0.717, 1.165) is 19.3 Å². The van der Waals surface area contributed by atoms with Gasteiger partial charge in [-0.15, -0.1) is 0 Å². The molecule has 1 aliphatic carbocycles. The molecule has 1 fully saturated rings.